The van der Waals surface area contributed by atoms with Crippen molar-refractivity contribution < 1.29 is 4.79 Å². The SMILES string of the molecule is CNC(=O)Nc1c(C#N)cnn1C. The molecule has 2 amide bonds. The zero-order valence-corrected chi connectivity index (χ0v) is 7.33. The lowest BCUT2D eigenvalue weighted by Gasteiger charge is -2.03. The lowest BCUT2D eigenvalue weighted by Crippen LogP contribution is -2.26. The Kier molecular flexibility index (Phi) is 2.50. The van der Waals surface area contributed by atoms with E-state index in [4.69, 9.17) is 5.26 Å². The van der Waals surface area contributed by atoms with Gasteiger partial charge in [0.15, 0.2) is 0 Å². The number of hydrogen-bond donors (Lipinski definition) is 2. The molecule has 0 unspecified atom stereocenters. The summed E-state index contributed by atoms with van der Waals surface area (Å²) in [6.45, 7) is 0. The summed E-state index contributed by atoms with van der Waals surface area (Å²) in [6, 6.07) is 1.55. The normalized spacial score (nSPS) is 9.00. The second-order valence-electron chi connectivity index (χ2n) is 2.35. The molecule has 1 heterocycles. The third-order valence-corrected chi connectivity index (χ3v) is 1.52. The van der Waals surface area contributed by atoms with Crippen LogP contribution in [0.2, 0.25) is 0 Å². The summed E-state index contributed by atoms with van der Waals surface area (Å²) in [6.07, 6.45) is 1.39. The number of carbonyl (C=O) groups excluding carboxylic acids is 1. The Balaban J connectivity index is 2.93. The van der Waals surface area contributed by atoms with E-state index in [1.54, 1.807) is 7.05 Å². The van der Waals surface area contributed by atoms with Crippen LogP contribution in [-0.4, -0.2) is 22.9 Å². The Morgan fingerprint density at radius 1 is 1.77 bits per heavy atom. The molecule has 6 nitrogen and oxygen atoms in total. The van der Waals surface area contributed by atoms with Crippen molar-refractivity contribution in [2.45, 2.75) is 0 Å². The fourth-order valence-corrected chi connectivity index (χ4v) is 0.838. The summed E-state index contributed by atoms with van der Waals surface area (Å²) in [5.41, 5.74) is 0.339. The van der Waals surface area contributed by atoms with Crippen LogP contribution < -0.4 is 10.6 Å². The second-order valence-corrected chi connectivity index (χ2v) is 2.35. The third-order valence-electron chi connectivity index (χ3n) is 1.52. The summed E-state index contributed by atoms with van der Waals surface area (Å²) in [5, 5.41) is 17.3. The summed E-state index contributed by atoms with van der Waals surface area (Å²) in [7, 11) is 3.14. The summed E-state index contributed by atoms with van der Waals surface area (Å²) < 4.78 is 1.42. The zero-order chi connectivity index (χ0) is 9.84. The second kappa shape index (κ2) is 3.58. The first-order valence-corrected chi connectivity index (χ1v) is 3.60. The van der Waals surface area contributed by atoms with Gasteiger partial charge in [-0.2, -0.15) is 10.4 Å². The Morgan fingerprint density at radius 3 is 3.00 bits per heavy atom. The number of rotatable bonds is 1. The maximum Gasteiger partial charge on any atom is 0.320 e. The van der Waals surface area contributed by atoms with Gasteiger partial charge in [0.1, 0.15) is 17.5 Å². The summed E-state index contributed by atoms with van der Waals surface area (Å²) in [4.78, 5) is 10.9. The molecule has 1 aromatic rings. The number of nitrogens with zero attached hydrogens (tertiary/aromatic N) is 3. The Labute approximate surface area is 75.2 Å². The molecule has 0 bridgehead atoms. The van der Waals surface area contributed by atoms with Gasteiger partial charge < -0.3 is 5.32 Å². The van der Waals surface area contributed by atoms with E-state index < -0.39 is 0 Å². The smallest absolute Gasteiger partial charge is 0.320 e. The predicted octanol–water partition coefficient (Wildman–Crippen LogP) is 0.0431. The highest BCUT2D eigenvalue weighted by Gasteiger charge is 2.09. The van der Waals surface area contributed by atoms with Gasteiger partial charge in [-0.1, -0.05) is 0 Å². The van der Waals surface area contributed by atoms with Crippen LogP contribution in [-0.2, 0) is 7.05 Å². The molecule has 0 aliphatic carbocycles. The number of carbonyl (C=O) groups is 1. The lowest BCUT2D eigenvalue weighted by molar-refractivity contribution is 0.253. The fourth-order valence-electron chi connectivity index (χ4n) is 0.838. The topological polar surface area (TPSA) is 82.7 Å². The van der Waals surface area contributed by atoms with Gasteiger partial charge in [0.25, 0.3) is 0 Å². The molecule has 0 saturated carbocycles. The maximum atomic E-state index is 10.9. The molecule has 0 saturated heterocycles. The van der Waals surface area contributed by atoms with Crippen LogP contribution in [0.5, 0.6) is 0 Å². The van der Waals surface area contributed by atoms with Crippen molar-refractivity contribution in [3.8, 4) is 6.07 Å². The molecule has 0 spiro atoms. The quantitative estimate of drug-likeness (QED) is 0.638. The molecular formula is C7H9N5O. The molecule has 68 valence electrons. The van der Waals surface area contributed by atoms with Crippen molar-refractivity contribution >= 4 is 11.8 Å². The van der Waals surface area contributed by atoms with Crippen LogP contribution >= 0.6 is 0 Å². The van der Waals surface area contributed by atoms with Crippen molar-refractivity contribution in [3.05, 3.63) is 11.8 Å². The number of nitriles is 1. The molecule has 13 heavy (non-hydrogen) atoms. The highest BCUT2D eigenvalue weighted by molar-refractivity contribution is 5.89. The van der Waals surface area contributed by atoms with Crippen molar-refractivity contribution in [2.75, 3.05) is 12.4 Å². The molecule has 2 N–H and O–H groups in total. The number of aryl methyl sites for hydroxylation is 1. The fraction of sp³-hybridized carbons (Fsp3) is 0.286. The van der Waals surface area contributed by atoms with E-state index in [9.17, 15) is 4.79 Å². The molecule has 1 aromatic heterocycles. The molecule has 0 atom stereocenters. The van der Waals surface area contributed by atoms with Crippen molar-refractivity contribution in [1.29, 1.82) is 5.26 Å². The third kappa shape index (κ3) is 1.76. The van der Waals surface area contributed by atoms with Gasteiger partial charge >= 0.3 is 6.03 Å². The molecule has 0 fully saturated rings. The van der Waals surface area contributed by atoms with E-state index in [1.807, 2.05) is 6.07 Å². The monoisotopic (exact) mass is 179 g/mol. The number of urea groups is 1. The van der Waals surface area contributed by atoms with Crippen LogP contribution in [0.25, 0.3) is 0 Å². The van der Waals surface area contributed by atoms with Crippen LogP contribution in [0.15, 0.2) is 6.20 Å². The Hall–Kier alpha value is -2.03. The first-order valence-electron chi connectivity index (χ1n) is 3.60. The van der Waals surface area contributed by atoms with E-state index in [0.717, 1.165) is 0 Å². The van der Waals surface area contributed by atoms with Crippen LogP contribution in [0.1, 0.15) is 5.56 Å². The minimum absolute atomic E-state index is 0.339. The number of hydrogen-bond acceptors (Lipinski definition) is 3. The number of anilines is 1. The molecule has 6 heteroatoms. The van der Waals surface area contributed by atoms with E-state index in [1.165, 1.54) is 17.9 Å². The highest BCUT2D eigenvalue weighted by atomic mass is 16.2. The molecule has 0 aliphatic heterocycles. The van der Waals surface area contributed by atoms with Crippen molar-refractivity contribution in [1.82, 2.24) is 15.1 Å². The average Bonchev–Trinajstić information content (AvgIpc) is 2.48. The first-order chi connectivity index (χ1) is 6.19. The van der Waals surface area contributed by atoms with Crippen molar-refractivity contribution in [2.24, 2.45) is 7.05 Å². The standard InChI is InChI=1S/C7H9N5O/c1-9-7(13)11-6-5(3-8)4-10-12(6)2/h4H,1-2H3,(H2,9,11,13). The minimum atomic E-state index is -0.375. The zero-order valence-electron chi connectivity index (χ0n) is 7.33. The summed E-state index contributed by atoms with van der Waals surface area (Å²) in [5.74, 6) is 0.391. The Morgan fingerprint density at radius 2 is 2.46 bits per heavy atom. The molecule has 0 radical (unpaired) electrons. The van der Waals surface area contributed by atoms with Gasteiger partial charge in [0.05, 0.1) is 6.20 Å². The van der Waals surface area contributed by atoms with Gasteiger partial charge in [-0.15, -0.1) is 0 Å². The highest BCUT2D eigenvalue weighted by Crippen LogP contribution is 2.11. The van der Waals surface area contributed by atoms with Gasteiger partial charge in [0, 0.05) is 14.1 Å². The van der Waals surface area contributed by atoms with E-state index in [-0.39, 0.29) is 6.03 Å². The van der Waals surface area contributed by atoms with Gasteiger partial charge in [-0.05, 0) is 0 Å². The lowest BCUT2D eigenvalue weighted by atomic mass is 10.3. The van der Waals surface area contributed by atoms with Gasteiger partial charge in [0.2, 0.25) is 0 Å². The van der Waals surface area contributed by atoms with Gasteiger partial charge in [-0.25, -0.2) is 4.79 Å². The van der Waals surface area contributed by atoms with E-state index in [2.05, 4.69) is 15.7 Å². The summed E-state index contributed by atoms with van der Waals surface area (Å²) >= 11 is 0. The predicted molar refractivity (Wildman–Crippen MR) is 46.0 cm³/mol. The molecule has 0 aromatic carbocycles. The number of aromatic nitrogens is 2. The van der Waals surface area contributed by atoms with Crippen LogP contribution in [0.3, 0.4) is 0 Å². The van der Waals surface area contributed by atoms with Crippen LogP contribution in [0.4, 0.5) is 10.6 Å². The van der Waals surface area contributed by atoms with Crippen molar-refractivity contribution in [3.63, 3.8) is 0 Å². The number of amides is 2. The first kappa shape index (κ1) is 9.06. The van der Waals surface area contributed by atoms with Crippen LogP contribution in [0, 0.1) is 11.3 Å². The molecular weight excluding hydrogens is 170 g/mol. The molecule has 0 aliphatic rings. The van der Waals surface area contributed by atoms with Gasteiger partial charge in [-0.3, -0.25) is 10.00 Å². The Bertz CT molecular complexity index is 361. The minimum Gasteiger partial charge on any atom is -0.341 e. The van der Waals surface area contributed by atoms with E-state index >= 15 is 0 Å². The molecule has 1 rings (SSSR count). The maximum absolute atomic E-state index is 10.9. The van der Waals surface area contributed by atoms with E-state index in [0.29, 0.717) is 11.4 Å². The average molecular weight is 179 g/mol. The number of nitrogens with one attached hydrogen (secondary N) is 2. The largest absolute Gasteiger partial charge is 0.341 e.